The molecule has 0 aliphatic rings. The van der Waals surface area contributed by atoms with Crippen molar-refractivity contribution in [2.75, 3.05) is 0 Å². The molecule has 0 aliphatic heterocycles. The van der Waals surface area contributed by atoms with Gasteiger partial charge < -0.3 is 5.11 Å². The third-order valence-corrected chi connectivity index (χ3v) is 3.96. The summed E-state index contributed by atoms with van der Waals surface area (Å²) < 4.78 is 1.09. The molecule has 1 atom stereocenters. The summed E-state index contributed by atoms with van der Waals surface area (Å²) in [6.45, 7) is 1.77. The normalized spacial score (nSPS) is 12.4. The molecule has 88 valence electrons. The molecule has 0 bridgehead atoms. The smallest absolute Gasteiger partial charge is 0.0761 e. The Balaban J connectivity index is 2.11. The van der Waals surface area contributed by atoms with Crippen LogP contribution in [0.2, 0.25) is 0 Å². The van der Waals surface area contributed by atoms with Crippen molar-refractivity contribution in [2.24, 2.45) is 0 Å². The Morgan fingerprint density at radius 1 is 0.941 bits per heavy atom. The summed E-state index contributed by atoms with van der Waals surface area (Å²) in [5.41, 5.74) is 0.949. The third kappa shape index (κ3) is 3.60. The molecule has 1 unspecified atom stereocenters. The lowest BCUT2D eigenvalue weighted by Crippen LogP contribution is -1.89. The van der Waals surface area contributed by atoms with E-state index in [1.54, 1.807) is 18.7 Å². The molecule has 0 heterocycles. The van der Waals surface area contributed by atoms with Crippen LogP contribution in [-0.4, -0.2) is 5.11 Å². The molecule has 2 rings (SSSR count). The van der Waals surface area contributed by atoms with Crippen LogP contribution in [0, 0.1) is 0 Å². The summed E-state index contributed by atoms with van der Waals surface area (Å²) >= 11 is 5.13. The molecule has 0 radical (unpaired) electrons. The van der Waals surface area contributed by atoms with E-state index in [1.165, 1.54) is 9.79 Å². The average Bonchev–Trinajstić information content (AvgIpc) is 2.33. The molecule has 0 amide bonds. The Labute approximate surface area is 114 Å². The molecular weight excluding hydrogens is 296 g/mol. The molecule has 0 aliphatic carbocycles. The SMILES string of the molecule is CC(O)c1ccc(Sc2ccc(Br)cc2)cc1. The van der Waals surface area contributed by atoms with Crippen LogP contribution in [0.15, 0.2) is 62.8 Å². The summed E-state index contributed by atoms with van der Waals surface area (Å²) in [4.78, 5) is 2.38. The standard InChI is InChI=1S/C14H13BrOS/c1-10(16)11-2-6-13(7-3-11)17-14-8-4-12(15)5-9-14/h2-10,16H,1H3. The highest BCUT2D eigenvalue weighted by atomic mass is 79.9. The maximum Gasteiger partial charge on any atom is 0.0761 e. The fraction of sp³-hybridized carbons (Fsp3) is 0.143. The highest BCUT2D eigenvalue weighted by Crippen LogP contribution is 2.29. The summed E-state index contributed by atoms with van der Waals surface area (Å²) in [5.74, 6) is 0. The van der Waals surface area contributed by atoms with Gasteiger partial charge in [-0.25, -0.2) is 0 Å². The fourth-order valence-corrected chi connectivity index (χ4v) is 2.53. The molecule has 0 saturated heterocycles. The van der Waals surface area contributed by atoms with Crippen molar-refractivity contribution in [2.45, 2.75) is 22.8 Å². The van der Waals surface area contributed by atoms with Crippen molar-refractivity contribution in [1.29, 1.82) is 0 Å². The van der Waals surface area contributed by atoms with Crippen LogP contribution >= 0.6 is 27.7 Å². The molecule has 0 fully saturated rings. The maximum atomic E-state index is 9.42. The van der Waals surface area contributed by atoms with Gasteiger partial charge in [0.05, 0.1) is 6.10 Å². The second-order valence-electron chi connectivity index (χ2n) is 3.80. The van der Waals surface area contributed by atoms with Crippen molar-refractivity contribution >= 4 is 27.7 Å². The second-order valence-corrected chi connectivity index (χ2v) is 5.86. The Bertz CT molecular complexity index is 477. The predicted octanol–water partition coefficient (Wildman–Crippen LogP) is 4.65. The van der Waals surface area contributed by atoms with Gasteiger partial charge in [-0.1, -0.05) is 39.8 Å². The minimum atomic E-state index is -0.401. The topological polar surface area (TPSA) is 20.2 Å². The van der Waals surface area contributed by atoms with E-state index in [4.69, 9.17) is 0 Å². The molecule has 2 aromatic rings. The van der Waals surface area contributed by atoms with Crippen LogP contribution in [0.5, 0.6) is 0 Å². The quantitative estimate of drug-likeness (QED) is 0.890. The van der Waals surface area contributed by atoms with Crippen molar-refractivity contribution in [3.63, 3.8) is 0 Å². The first-order chi connectivity index (χ1) is 8.15. The molecule has 0 aromatic heterocycles. The lowest BCUT2D eigenvalue weighted by molar-refractivity contribution is 0.199. The molecular formula is C14H13BrOS. The van der Waals surface area contributed by atoms with Crippen LogP contribution in [-0.2, 0) is 0 Å². The monoisotopic (exact) mass is 308 g/mol. The highest BCUT2D eigenvalue weighted by Gasteiger charge is 2.01. The molecule has 0 spiro atoms. The van der Waals surface area contributed by atoms with E-state index in [-0.39, 0.29) is 0 Å². The summed E-state index contributed by atoms with van der Waals surface area (Å²) in [5, 5.41) is 9.42. The van der Waals surface area contributed by atoms with Gasteiger partial charge in [0, 0.05) is 14.3 Å². The zero-order valence-electron chi connectivity index (χ0n) is 9.43. The van der Waals surface area contributed by atoms with Gasteiger partial charge in [0.15, 0.2) is 0 Å². The van der Waals surface area contributed by atoms with E-state index in [2.05, 4.69) is 28.1 Å². The minimum absolute atomic E-state index is 0.401. The van der Waals surface area contributed by atoms with Gasteiger partial charge in [-0.05, 0) is 48.9 Å². The first kappa shape index (κ1) is 12.7. The van der Waals surface area contributed by atoms with Gasteiger partial charge >= 0.3 is 0 Å². The number of aliphatic hydroxyl groups excluding tert-OH is 1. The molecule has 2 aromatic carbocycles. The molecule has 17 heavy (non-hydrogen) atoms. The lowest BCUT2D eigenvalue weighted by atomic mass is 10.1. The Kier molecular flexibility index (Phi) is 4.26. The average molecular weight is 309 g/mol. The third-order valence-electron chi connectivity index (χ3n) is 2.41. The summed E-state index contributed by atoms with van der Waals surface area (Å²) in [7, 11) is 0. The van der Waals surface area contributed by atoms with E-state index >= 15 is 0 Å². The van der Waals surface area contributed by atoms with E-state index in [0.717, 1.165) is 10.0 Å². The number of hydrogen-bond acceptors (Lipinski definition) is 2. The molecule has 1 N–H and O–H groups in total. The second kappa shape index (κ2) is 5.71. The van der Waals surface area contributed by atoms with E-state index in [9.17, 15) is 5.11 Å². The Morgan fingerprint density at radius 2 is 1.41 bits per heavy atom. The van der Waals surface area contributed by atoms with E-state index < -0.39 is 6.10 Å². The van der Waals surface area contributed by atoms with Gasteiger partial charge in [0.2, 0.25) is 0 Å². The van der Waals surface area contributed by atoms with Crippen molar-refractivity contribution in [3.05, 3.63) is 58.6 Å². The van der Waals surface area contributed by atoms with E-state index in [1.807, 2.05) is 36.4 Å². The van der Waals surface area contributed by atoms with Crippen LogP contribution in [0.4, 0.5) is 0 Å². The Hall–Kier alpha value is -0.770. The van der Waals surface area contributed by atoms with Gasteiger partial charge in [0.1, 0.15) is 0 Å². The van der Waals surface area contributed by atoms with Crippen LogP contribution in [0.25, 0.3) is 0 Å². The minimum Gasteiger partial charge on any atom is -0.389 e. The Morgan fingerprint density at radius 3 is 1.88 bits per heavy atom. The zero-order valence-corrected chi connectivity index (χ0v) is 11.8. The van der Waals surface area contributed by atoms with Crippen molar-refractivity contribution in [3.8, 4) is 0 Å². The molecule has 1 nitrogen and oxygen atoms in total. The lowest BCUT2D eigenvalue weighted by Gasteiger charge is -2.06. The predicted molar refractivity (Wildman–Crippen MR) is 75.3 cm³/mol. The number of halogens is 1. The summed E-state index contributed by atoms with van der Waals surface area (Å²) in [6.07, 6.45) is -0.401. The number of benzene rings is 2. The highest BCUT2D eigenvalue weighted by molar-refractivity contribution is 9.10. The largest absolute Gasteiger partial charge is 0.389 e. The van der Waals surface area contributed by atoms with Gasteiger partial charge in [0.25, 0.3) is 0 Å². The zero-order chi connectivity index (χ0) is 12.3. The maximum absolute atomic E-state index is 9.42. The van der Waals surface area contributed by atoms with E-state index in [0.29, 0.717) is 0 Å². The van der Waals surface area contributed by atoms with Gasteiger partial charge in [-0.15, -0.1) is 0 Å². The number of aliphatic hydroxyl groups is 1. The van der Waals surface area contributed by atoms with Crippen LogP contribution in [0.1, 0.15) is 18.6 Å². The molecule has 3 heteroatoms. The number of rotatable bonds is 3. The molecule has 0 saturated carbocycles. The van der Waals surface area contributed by atoms with Gasteiger partial charge in [-0.3, -0.25) is 0 Å². The fourth-order valence-electron chi connectivity index (χ4n) is 1.45. The summed E-state index contributed by atoms with van der Waals surface area (Å²) in [6, 6.07) is 16.2. The first-order valence-electron chi connectivity index (χ1n) is 5.36. The van der Waals surface area contributed by atoms with Crippen molar-refractivity contribution in [1.82, 2.24) is 0 Å². The first-order valence-corrected chi connectivity index (χ1v) is 6.97. The van der Waals surface area contributed by atoms with Crippen LogP contribution in [0.3, 0.4) is 0 Å². The number of hydrogen-bond donors (Lipinski definition) is 1. The van der Waals surface area contributed by atoms with Crippen LogP contribution < -0.4 is 0 Å². The van der Waals surface area contributed by atoms with Crippen molar-refractivity contribution < 1.29 is 5.11 Å². The van der Waals surface area contributed by atoms with Gasteiger partial charge in [-0.2, -0.15) is 0 Å².